The van der Waals surface area contributed by atoms with Crippen molar-refractivity contribution < 1.29 is 13.6 Å². The average molecular weight is 505 g/mol. The number of halogens is 2. The summed E-state index contributed by atoms with van der Waals surface area (Å²) in [7, 11) is 0. The van der Waals surface area contributed by atoms with E-state index in [0.717, 1.165) is 23.5 Å². The molecule has 1 aromatic carbocycles. The molecule has 0 spiro atoms. The fourth-order valence-corrected chi connectivity index (χ4v) is 4.44. The molecule has 1 aliphatic heterocycles. The Morgan fingerprint density at radius 2 is 1.86 bits per heavy atom. The first-order valence-corrected chi connectivity index (χ1v) is 12.4. The van der Waals surface area contributed by atoms with Crippen molar-refractivity contribution in [2.75, 3.05) is 13.1 Å². The van der Waals surface area contributed by atoms with Crippen molar-refractivity contribution in [3.8, 4) is 16.9 Å². The minimum absolute atomic E-state index is 0.0150. The largest absolute Gasteiger partial charge is 0.338 e. The number of nitrogens with zero attached hydrogens (tertiary/aromatic N) is 5. The van der Waals surface area contributed by atoms with E-state index in [1.54, 1.807) is 16.9 Å². The number of aromatic nitrogens is 4. The predicted molar refractivity (Wildman–Crippen MR) is 138 cm³/mol. The van der Waals surface area contributed by atoms with Crippen molar-refractivity contribution >= 4 is 5.91 Å². The van der Waals surface area contributed by atoms with Gasteiger partial charge in [-0.25, -0.2) is 13.5 Å². The third kappa shape index (κ3) is 5.61. The minimum atomic E-state index is -2.72. The second kappa shape index (κ2) is 10.3. The Morgan fingerprint density at radius 3 is 2.57 bits per heavy atom. The van der Waals surface area contributed by atoms with Gasteiger partial charge in [-0.15, -0.1) is 0 Å². The smallest absolute Gasteiger partial charge is 0.274 e. The summed E-state index contributed by atoms with van der Waals surface area (Å²) in [6.45, 7) is 4.74. The van der Waals surface area contributed by atoms with E-state index in [9.17, 15) is 13.6 Å². The fraction of sp³-hybridized carbons (Fsp3) is 0.321. The number of aryl methyl sites for hydroxylation is 1. The molecule has 7 nitrogen and oxygen atoms in total. The van der Waals surface area contributed by atoms with Gasteiger partial charge in [-0.3, -0.25) is 15.1 Å². The van der Waals surface area contributed by atoms with Gasteiger partial charge in [-0.05, 0) is 43.7 Å². The predicted octanol–water partition coefficient (Wildman–Crippen LogP) is 5.22. The number of piperidine rings is 1. The van der Waals surface area contributed by atoms with Gasteiger partial charge < -0.3 is 9.47 Å². The van der Waals surface area contributed by atoms with Gasteiger partial charge in [-0.2, -0.15) is 5.10 Å². The first kappa shape index (κ1) is 24.8. The van der Waals surface area contributed by atoms with E-state index in [-0.39, 0.29) is 43.7 Å². The van der Waals surface area contributed by atoms with E-state index in [0.29, 0.717) is 5.69 Å². The molecular formula is C28H30F2N6O. The first-order valence-electron chi connectivity index (χ1n) is 12.4. The highest BCUT2D eigenvalue weighted by Gasteiger charge is 2.36. The van der Waals surface area contributed by atoms with Crippen molar-refractivity contribution in [3.63, 3.8) is 0 Å². The van der Waals surface area contributed by atoms with Gasteiger partial charge >= 0.3 is 0 Å². The normalized spacial score (nSPS) is 16.1. The number of rotatable bonds is 7. The van der Waals surface area contributed by atoms with E-state index in [4.69, 9.17) is 0 Å². The summed E-state index contributed by atoms with van der Waals surface area (Å²) >= 11 is 0. The summed E-state index contributed by atoms with van der Waals surface area (Å²) in [6, 6.07) is 17.7. The maximum atomic E-state index is 13.6. The summed E-state index contributed by atoms with van der Waals surface area (Å²) in [6.07, 6.45) is 5.07. The molecule has 5 rings (SSSR count). The Labute approximate surface area is 214 Å². The van der Waals surface area contributed by atoms with Crippen molar-refractivity contribution in [1.82, 2.24) is 29.5 Å². The van der Waals surface area contributed by atoms with Crippen LogP contribution >= 0.6 is 0 Å². The molecule has 9 heteroatoms. The third-order valence-corrected chi connectivity index (χ3v) is 6.75. The molecule has 1 unspecified atom stereocenters. The number of carbonyl (C=O) groups is 1. The molecule has 0 saturated carbocycles. The minimum Gasteiger partial charge on any atom is -0.338 e. The van der Waals surface area contributed by atoms with Crippen LogP contribution in [0.3, 0.4) is 0 Å². The molecule has 1 atom stereocenters. The Morgan fingerprint density at radius 1 is 1.11 bits per heavy atom. The molecule has 1 amide bonds. The summed E-state index contributed by atoms with van der Waals surface area (Å²) in [5.41, 5.74) is 4.62. The van der Waals surface area contributed by atoms with Crippen LogP contribution in [0.1, 0.15) is 47.7 Å². The van der Waals surface area contributed by atoms with E-state index < -0.39 is 5.92 Å². The van der Waals surface area contributed by atoms with E-state index in [1.807, 2.05) is 55.7 Å². The third-order valence-electron chi connectivity index (χ3n) is 6.75. The summed E-state index contributed by atoms with van der Waals surface area (Å²) in [5, 5.41) is 8.12. The lowest BCUT2D eigenvalue weighted by Crippen LogP contribution is -2.42. The maximum Gasteiger partial charge on any atom is 0.274 e. The zero-order chi connectivity index (χ0) is 26.0. The highest BCUT2D eigenvalue weighted by molar-refractivity contribution is 5.93. The zero-order valence-electron chi connectivity index (χ0n) is 20.9. The topological polar surface area (TPSA) is 68.0 Å². The lowest BCUT2D eigenvalue weighted by Gasteiger charge is -2.31. The Balaban J connectivity index is 1.41. The van der Waals surface area contributed by atoms with Crippen LogP contribution in [0.25, 0.3) is 16.9 Å². The van der Waals surface area contributed by atoms with Crippen molar-refractivity contribution in [1.29, 1.82) is 0 Å². The zero-order valence-corrected chi connectivity index (χ0v) is 20.9. The molecule has 0 radical (unpaired) electrons. The van der Waals surface area contributed by atoms with Crippen LogP contribution in [0.2, 0.25) is 0 Å². The van der Waals surface area contributed by atoms with Crippen LogP contribution in [0.15, 0.2) is 73.2 Å². The van der Waals surface area contributed by atoms with Gasteiger partial charge in [0.1, 0.15) is 0 Å². The quantitative estimate of drug-likeness (QED) is 0.375. The number of carbonyl (C=O) groups excluding carboxylic acids is 1. The van der Waals surface area contributed by atoms with Crippen molar-refractivity contribution in [2.45, 2.75) is 45.3 Å². The van der Waals surface area contributed by atoms with Gasteiger partial charge in [0.2, 0.25) is 0 Å². The van der Waals surface area contributed by atoms with Gasteiger partial charge in [0.15, 0.2) is 5.69 Å². The molecule has 0 aliphatic carbocycles. The SMILES string of the molecule is Cc1ccc(-n2nc(C(=O)N3CCC(F)(F)CC3)cc2-c2ccn(C(C)NCc3ccccc3)c2)cn1. The van der Waals surface area contributed by atoms with Crippen LogP contribution in [0.5, 0.6) is 0 Å². The molecule has 37 heavy (non-hydrogen) atoms. The maximum absolute atomic E-state index is 13.6. The van der Waals surface area contributed by atoms with Gasteiger partial charge in [-0.1, -0.05) is 30.3 Å². The number of hydrogen-bond acceptors (Lipinski definition) is 4. The molecule has 4 heterocycles. The Kier molecular flexibility index (Phi) is 6.88. The lowest BCUT2D eigenvalue weighted by atomic mass is 10.1. The average Bonchev–Trinajstić information content (AvgIpc) is 3.56. The molecule has 1 fully saturated rings. The van der Waals surface area contributed by atoms with Crippen LogP contribution < -0.4 is 5.32 Å². The van der Waals surface area contributed by atoms with E-state index in [1.165, 1.54) is 10.5 Å². The van der Waals surface area contributed by atoms with Crippen LogP contribution in [0, 0.1) is 6.92 Å². The molecule has 1 N–H and O–H groups in total. The molecule has 192 valence electrons. The van der Waals surface area contributed by atoms with E-state index >= 15 is 0 Å². The number of amides is 1. The monoisotopic (exact) mass is 504 g/mol. The number of nitrogens with one attached hydrogen (secondary N) is 1. The van der Waals surface area contributed by atoms with Crippen LogP contribution in [0.4, 0.5) is 8.78 Å². The van der Waals surface area contributed by atoms with Gasteiger partial charge in [0.05, 0.1) is 23.7 Å². The van der Waals surface area contributed by atoms with Gasteiger partial charge in [0, 0.05) is 56.1 Å². The Hall–Kier alpha value is -3.85. The van der Waals surface area contributed by atoms with Crippen molar-refractivity contribution in [2.24, 2.45) is 0 Å². The highest BCUT2D eigenvalue weighted by Crippen LogP contribution is 2.30. The van der Waals surface area contributed by atoms with Crippen LogP contribution in [-0.2, 0) is 6.54 Å². The summed E-state index contributed by atoms with van der Waals surface area (Å²) < 4.78 is 31.0. The molecular weight excluding hydrogens is 474 g/mol. The lowest BCUT2D eigenvalue weighted by molar-refractivity contribution is -0.0495. The molecule has 1 aliphatic rings. The number of likely N-dealkylation sites (tertiary alicyclic amines) is 1. The first-order chi connectivity index (χ1) is 17.8. The second-order valence-electron chi connectivity index (χ2n) is 9.52. The number of hydrogen-bond donors (Lipinski definition) is 1. The Bertz CT molecular complexity index is 1350. The second-order valence-corrected chi connectivity index (χ2v) is 9.52. The molecule has 3 aromatic heterocycles. The standard InChI is InChI=1S/C28H30F2N6O/c1-20-8-9-24(18-31-20)36-26(16-25(33-36)27(37)34-14-11-28(29,30)12-15-34)23-10-13-35(19-23)21(2)32-17-22-6-4-3-5-7-22/h3-10,13,16,18-19,21,32H,11-12,14-15,17H2,1-2H3. The number of pyridine rings is 1. The molecule has 4 aromatic rings. The van der Waals surface area contributed by atoms with Gasteiger partial charge in [0.25, 0.3) is 11.8 Å². The van der Waals surface area contributed by atoms with Crippen LogP contribution in [-0.4, -0.2) is 49.2 Å². The fourth-order valence-electron chi connectivity index (χ4n) is 4.44. The number of alkyl halides is 2. The summed E-state index contributed by atoms with van der Waals surface area (Å²) in [4.78, 5) is 19.0. The highest BCUT2D eigenvalue weighted by atomic mass is 19.3. The van der Waals surface area contributed by atoms with E-state index in [2.05, 4.69) is 39.0 Å². The van der Waals surface area contributed by atoms with Crippen molar-refractivity contribution in [3.05, 3.63) is 90.1 Å². The molecule has 1 saturated heterocycles. The molecule has 0 bridgehead atoms. The summed E-state index contributed by atoms with van der Waals surface area (Å²) in [5.74, 6) is -3.06. The number of benzene rings is 1.